The molecule has 5 heteroatoms. The highest BCUT2D eigenvalue weighted by atomic mass is 16.2. The first kappa shape index (κ1) is 17.6. The predicted molar refractivity (Wildman–Crippen MR) is 107 cm³/mol. The third-order valence-corrected chi connectivity index (χ3v) is 5.45. The van der Waals surface area contributed by atoms with Crippen LogP contribution in [0, 0.1) is 5.92 Å². The monoisotopic (exact) mass is 363 g/mol. The van der Waals surface area contributed by atoms with Gasteiger partial charge in [0.05, 0.1) is 0 Å². The van der Waals surface area contributed by atoms with E-state index < -0.39 is 0 Å². The molecule has 1 unspecified atom stereocenters. The number of hydrogen-bond acceptors (Lipinski definition) is 3. The number of carbonyl (C=O) groups is 2. The Morgan fingerprint density at radius 1 is 1.04 bits per heavy atom. The van der Waals surface area contributed by atoms with Crippen LogP contribution in [0.1, 0.15) is 29.6 Å². The number of carbonyl (C=O) groups excluding carboxylic acids is 2. The Hall–Kier alpha value is -2.82. The Balaban J connectivity index is 1.33. The Bertz CT molecular complexity index is 821. The Morgan fingerprint density at radius 2 is 1.85 bits per heavy atom. The lowest BCUT2D eigenvalue weighted by atomic mass is 10.1. The van der Waals surface area contributed by atoms with E-state index in [-0.39, 0.29) is 11.8 Å². The molecular weight excluding hydrogens is 338 g/mol. The highest BCUT2D eigenvalue weighted by molar-refractivity contribution is 5.99. The molecule has 2 heterocycles. The highest BCUT2D eigenvalue weighted by Gasteiger charge is 2.24. The summed E-state index contributed by atoms with van der Waals surface area (Å²) >= 11 is 0. The third kappa shape index (κ3) is 3.97. The van der Waals surface area contributed by atoms with Crippen LogP contribution in [0.4, 0.5) is 11.4 Å². The van der Waals surface area contributed by atoms with Crippen LogP contribution < -0.4 is 15.1 Å². The number of benzene rings is 2. The third-order valence-electron chi connectivity index (χ3n) is 5.45. The maximum atomic E-state index is 12.6. The van der Waals surface area contributed by atoms with Gasteiger partial charge in [-0.3, -0.25) is 9.59 Å². The van der Waals surface area contributed by atoms with Crippen LogP contribution in [-0.2, 0) is 4.79 Å². The van der Waals surface area contributed by atoms with Crippen LogP contribution in [0.15, 0.2) is 54.6 Å². The molecule has 2 fully saturated rings. The van der Waals surface area contributed by atoms with Gasteiger partial charge < -0.3 is 15.1 Å². The summed E-state index contributed by atoms with van der Waals surface area (Å²) in [5.74, 6) is 0.527. The van der Waals surface area contributed by atoms with E-state index in [4.69, 9.17) is 0 Å². The first-order valence-electron chi connectivity index (χ1n) is 9.69. The van der Waals surface area contributed by atoms with Crippen LogP contribution in [-0.4, -0.2) is 38.0 Å². The lowest BCUT2D eigenvalue weighted by Gasteiger charge is -2.19. The normalized spacial score (nSPS) is 19.6. The van der Waals surface area contributed by atoms with Gasteiger partial charge in [-0.25, -0.2) is 0 Å². The molecule has 4 rings (SSSR count). The summed E-state index contributed by atoms with van der Waals surface area (Å²) in [6.07, 6.45) is 2.56. The molecule has 2 aliphatic heterocycles. The van der Waals surface area contributed by atoms with E-state index in [1.54, 1.807) is 4.90 Å². The van der Waals surface area contributed by atoms with Gasteiger partial charge in [0, 0.05) is 49.5 Å². The molecule has 140 valence electrons. The molecule has 1 N–H and O–H groups in total. The molecule has 5 nitrogen and oxygen atoms in total. The number of hydrogen-bond donors (Lipinski definition) is 1. The standard InChI is InChI=1S/C22H25N3O2/c26-21-10-5-12-25(21)20-9-4-6-18(14-20)22(27)23-15-17-11-13-24(16-17)19-7-2-1-3-8-19/h1-4,6-9,14,17H,5,10-13,15-16H2,(H,23,27). The van der Waals surface area contributed by atoms with Crippen molar-refractivity contribution in [3.05, 3.63) is 60.2 Å². The van der Waals surface area contributed by atoms with Gasteiger partial charge in [-0.15, -0.1) is 0 Å². The lowest BCUT2D eigenvalue weighted by Crippen LogP contribution is -2.31. The van der Waals surface area contributed by atoms with Crippen LogP contribution >= 0.6 is 0 Å². The largest absolute Gasteiger partial charge is 0.371 e. The Morgan fingerprint density at radius 3 is 2.63 bits per heavy atom. The first-order chi connectivity index (χ1) is 13.2. The second kappa shape index (κ2) is 7.82. The molecule has 0 saturated carbocycles. The fourth-order valence-electron chi connectivity index (χ4n) is 3.95. The molecule has 0 spiro atoms. The smallest absolute Gasteiger partial charge is 0.251 e. The molecular formula is C22H25N3O2. The Labute approximate surface area is 160 Å². The van der Waals surface area contributed by atoms with E-state index in [1.165, 1.54) is 5.69 Å². The van der Waals surface area contributed by atoms with E-state index in [0.717, 1.165) is 38.2 Å². The van der Waals surface area contributed by atoms with Crippen molar-refractivity contribution in [2.45, 2.75) is 19.3 Å². The number of nitrogens with zero attached hydrogens (tertiary/aromatic N) is 2. The highest BCUT2D eigenvalue weighted by Crippen LogP contribution is 2.24. The van der Waals surface area contributed by atoms with E-state index in [1.807, 2.05) is 30.3 Å². The van der Waals surface area contributed by atoms with Crippen molar-refractivity contribution in [1.82, 2.24) is 5.32 Å². The molecule has 27 heavy (non-hydrogen) atoms. The van der Waals surface area contributed by atoms with Gasteiger partial charge >= 0.3 is 0 Å². The van der Waals surface area contributed by atoms with Crippen LogP contribution in [0.5, 0.6) is 0 Å². The minimum absolute atomic E-state index is 0.0679. The number of rotatable bonds is 5. The number of amides is 2. The van der Waals surface area contributed by atoms with E-state index in [2.05, 4.69) is 34.5 Å². The van der Waals surface area contributed by atoms with Crippen molar-refractivity contribution in [3.8, 4) is 0 Å². The van der Waals surface area contributed by atoms with E-state index >= 15 is 0 Å². The van der Waals surface area contributed by atoms with E-state index in [9.17, 15) is 9.59 Å². The molecule has 0 aromatic heterocycles. The second-order valence-corrected chi connectivity index (χ2v) is 7.35. The van der Waals surface area contributed by atoms with Crippen molar-refractivity contribution >= 4 is 23.2 Å². The van der Waals surface area contributed by atoms with Gasteiger partial charge in [0.15, 0.2) is 0 Å². The van der Waals surface area contributed by atoms with Gasteiger partial charge in [0.1, 0.15) is 0 Å². The van der Waals surface area contributed by atoms with Crippen LogP contribution in [0.3, 0.4) is 0 Å². The molecule has 2 aromatic rings. The minimum Gasteiger partial charge on any atom is -0.371 e. The molecule has 2 saturated heterocycles. The molecule has 2 aliphatic rings. The first-order valence-corrected chi connectivity index (χ1v) is 9.69. The van der Waals surface area contributed by atoms with E-state index in [0.29, 0.717) is 24.4 Å². The fraction of sp³-hybridized carbons (Fsp3) is 0.364. The van der Waals surface area contributed by atoms with Gasteiger partial charge in [-0.2, -0.15) is 0 Å². The fourth-order valence-corrected chi connectivity index (χ4v) is 3.95. The van der Waals surface area contributed by atoms with Gasteiger partial charge in [0.2, 0.25) is 5.91 Å². The zero-order valence-corrected chi connectivity index (χ0v) is 15.4. The summed E-state index contributed by atoms with van der Waals surface area (Å²) in [6, 6.07) is 17.8. The summed E-state index contributed by atoms with van der Waals surface area (Å²) < 4.78 is 0. The SMILES string of the molecule is O=C(NCC1CCN(c2ccccc2)C1)c1cccc(N2CCCC2=O)c1. The van der Waals surface area contributed by atoms with Gasteiger partial charge in [-0.05, 0) is 49.1 Å². The quantitative estimate of drug-likeness (QED) is 0.888. The van der Waals surface area contributed by atoms with Crippen LogP contribution in [0.25, 0.3) is 0 Å². The summed E-state index contributed by atoms with van der Waals surface area (Å²) in [4.78, 5) is 28.6. The van der Waals surface area contributed by atoms with Gasteiger partial charge in [-0.1, -0.05) is 24.3 Å². The summed E-state index contributed by atoms with van der Waals surface area (Å²) in [5, 5.41) is 3.07. The molecule has 2 aromatic carbocycles. The molecule has 0 aliphatic carbocycles. The van der Waals surface area contributed by atoms with Gasteiger partial charge in [0.25, 0.3) is 5.91 Å². The van der Waals surface area contributed by atoms with Crippen molar-refractivity contribution in [2.24, 2.45) is 5.92 Å². The molecule has 0 bridgehead atoms. The predicted octanol–water partition coefficient (Wildman–Crippen LogP) is 3.07. The molecule has 2 amide bonds. The summed E-state index contributed by atoms with van der Waals surface area (Å²) in [5.41, 5.74) is 2.68. The summed E-state index contributed by atoms with van der Waals surface area (Å²) in [6.45, 7) is 3.40. The van der Waals surface area contributed by atoms with Crippen molar-refractivity contribution in [3.63, 3.8) is 0 Å². The maximum absolute atomic E-state index is 12.6. The average molecular weight is 363 g/mol. The number of nitrogens with one attached hydrogen (secondary N) is 1. The minimum atomic E-state index is -0.0679. The topological polar surface area (TPSA) is 52.7 Å². The zero-order chi connectivity index (χ0) is 18.6. The van der Waals surface area contributed by atoms with Crippen molar-refractivity contribution < 1.29 is 9.59 Å². The van der Waals surface area contributed by atoms with Crippen molar-refractivity contribution in [1.29, 1.82) is 0 Å². The lowest BCUT2D eigenvalue weighted by molar-refractivity contribution is -0.117. The second-order valence-electron chi connectivity index (χ2n) is 7.35. The van der Waals surface area contributed by atoms with Crippen molar-refractivity contribution in [2.75, 3.05) is 36.0 Å². The number of para-hydroxylation sites is 1. The van der Waals surface area contributed by atoms with Crippen LogP contribution in [0.2, 0.25) is 0 Å². The average Bonchev–Trinajstić information content (AvgIpc) is 3.36. The number of anilines is 2. The summed E-state index contributed by atoms with van der Waals surface area (Å²) in [7, 11) is 0. The maximum Gasteiger partial charge on any atom is 0.251 e. The molecule has 0 radical (unpaired) electrons. The Kier molecular flexibility index (Phi) is 5.10. The molecule has 1 atom stereocenters. The zero-order valence-electron chi connectivity index (χ0n) is 15.4.